The molecule has 0 aliphatic carbocycles. The molecule has 8 nitrogen and oxygen atoms in total. The van der Waals surface area contributed by atoms with Crippen molar-refractivity contribution in [3.05, 3.63) is 35.9 Å². The van der Waals surface area contributed by atoms with Crippen LogP contribution in [0.25, 0.3) is 0 Å². The van der Waals surface area contributed by atoms with Gasteiger partial charge in [0.25, 0.3) is 0 Å². The van der Waals surface area contributed by atoms with Crippen LogP contribution >= 0.6 is 0 Å². The van der Waals surface area contributed by atoms with E-state index in [1.165, 1.54) is 19.2 Å². The molecule has 3 rings (SSSR count). The van der Waals surface area contributed by atoms with Gasteiger partial charge < -0.3 is 25.0 Å². The van der Waals surface area contributed by atoms with Gasteiger partial charge in [0, 0.05) is 13.1 Å². The maximum Gasteiger partial charge on any atom is 0.335 e. The maximum atomic E-state index is 12.5. The molecule has 2 N–H and O–H groups in total. The summed E-state index contributed by atoms with van der Waals surface area (Å²) < 4.78 is 5.31. The van der Waals surface area contributed by atoms with Crippen molar-refractivity contribution in [3.8, 4) is 5.75 Å². The van der Waals surface area contributed by atoms with Crippen LogP contribution in [0.5, 0.6) is 5.75 Å². The molecule has 2 aromatic rings. The number of carboxylic acid groups (broad SMARTS) is 1. The summed E-state index contributed by atoms with van der Waals surface area (Å²) in [6, 6.07) is 8.01. The molecule has 0 spiro atoms. The molecule has 0 saturated heterocycles. The Bertz CT molecular complexity index is 928. The molecule has 0 bridgehead atoms. The van der Waals surface area contributed by atoms with Crippen LogP contribution in [0.4, 0.5) is 23.0 Å². The Morgan fingerprint density at radius 3 is 2.61 bits per heavy atom. The third-order valence-electron chi connectivity index (χ3n) is 4.83. The van der Waals surface area contributed by atoms with Crippen LogP contribution in [0.15, 0.2) is 30.3 Å². The number of likely N-dealkylation sites (N-methyl/N-ethyl adjacent to an activating group) is 1. The molecule has 8 heteroatoms. The Kier molecular flexibility index (Phi) is 5.13. The van der Waals surface area contributed by atoms with Crippen LogP contribution in [0.3, 0.4) is 0 Å². The number of fused-ring (bicyclic) bond motifs is 1. The van der Waals surface area contributed by atoms with E-state index in [0.29, 0.717) is 17.3 Å². The van der Waals surface area contributed by atoms with Crippen LogP contribution < -0.4 is 19.9 Å². The number of methoxy groups -OCH3 is 1. The monoisotopic (exact) mass is 384 g/mol. The molecule has 0 fully saturated rings. The average Bonchev–Trinajstić information content (AvgIpc) is 2.66. The average molecular weight is 384 g/mol. The number of carbonyl (C=O) groups excluding carboxylic acids is 1. The number of amides is 1. The van der Waals surface area contributed by atoms with Crippen LogP contribution in [-0.4, -0.2) is 48.2 Å². The summed E-state index contributed by atoms with van der Waals surface area (Å²) >= 11 is 0. The standard InChI is InChI=1S/C20H24N4O4/c1-11(2)24-12(3)19(25)23(4)15-8-9-17(22-18(15)24)21-14-7-6-13(20(26)27)10-16(14)28-5/h6-12H,1-5H3,(H,21,22)(H,26,27)/t12-/m1/s1. The highest BCUT2D eigenvalue weighted by molar-refractivity contribution is 6.04. The number of aromatic nitrogens is 1. The summed E-state index contributed by atoms with van der Waals surface area (Å²) in [4.78, 5) is 32.0. The smallest absolute Gasteiger partial charge is 0.335 e. The molecule has 0 unspecified atom stereocenters. The van der Waals surface area contributed by atoms with E-state index in [-0.39, 0.29) is 23.6 Å². The van der Waals surface area contributed by atoms with Gasteiger partial charge in [-0.25, -0.2) is 9.78 Å². The van der Waals surface area contributed by atoms with E-state index < -0.39 is 5.97 Å². The fraction of sp³-hybridized carbons (Fsp3) is 0.350. The minimum atomic E-state index is -1.02. The van der Waals surface area contributed by atoms with Gasteiger partial charge in [-0.1, -0.05) is 0 Å². The van der Waals surface area contributed by atoms with Gasteiger partial charge in [0.05, 0.1) is 24.0 Å². The predicted molar refractivity (Wildman–Crippen MR) is 108 cm³/mol. The Hall–Kier alpha value is -3.29. The highest BCUT2D eigenvalue weighted by atomic mass is 16.5. The lowest BCUT2D eigenvalue weighted by molar-refractivity contribution is -0.119. The lowest BCUT2D eigenvalue weighted by Gasteiger charge is -2.41. The lowest BCUT2D eigenvalue weighted by Crippen LogP contribution is -2.53. The van der Waals surface area contributed by atoms with Crippen LogP contribution in [0.2, 0.25) is 0 Å². The number of pyridine rings is 1. The fourth-order valence-corrected chi connectivity index (χ4v) is 3.42. The first-order valence-electron chi connectivity index (χ1n) is 9.00. The van der Waals surface area contributed by atoms with Gasteiger partial charge in [0.15, 0.2) is 5.82 Å². The zero-order valence-electron chi connectivity index (χ0n) is 16.6. The van der Waals surface area contributed by atoms with E-state index >= 15 is 0 Å². The van der Waals surface area contributed by atoms with Gasteiger partial charge in [-0.3, -0.25) is 4.79 Å². The highest BCUT2D eigenvalue weighted by Gasteiger charge is 2.36. The van der Waals surface area contributed by atoms with Gasteiger partial charge >= 0.3 is 5.97 Å². The number of ether oxygens (including phenoxy) is 1. The van der Waals surface area contributed by atoms with Crippen molar-refractivity contribution in [2.24, 2.45) is 0 Å². The number of nitrogens with zero attached hydrogens (tertiary/aromatic N) is 3. The number of rotatable bonds is 5. The first-order chi connectivity index (χ1) is 13.2. The summed E-state index contributed by atoms with van der Waals surface area (Å²) in [5, 5.41) is 12.3. The number of nitrogens with one attached hydrogen (secondary N) is 1. The Labute approximate surface area is 163 Å². The number of carbonyl (C=O) groups is 2. The molecular weight excluding hydrogens is 360 g/mol. The summed E-state index contributed by atoms with van der Waals surface area (Å²) in [5.74, 6) is 0.693. The molecule has 1 atom stereocenters. The molecule has 1 aromatic heterocycles. The van der Waals surface area contributed by atoms with Gasteiger partial charge in [0.1, 0.15) is 17.6 Å². The minimum absolute atomic E-state index is 0.0228. The normalized spacial score (nSPS) is 16.2. The van der Waals surface area contributed by atoms with Gasteiger partial charge in [0.2, 0.25) is 5.91 Å². The number of hydrogen-bond donors (Lipinski definition) is 2. The summed E-state index contributed by atoms with van der Waals surface area (Å²) in [7, 11) is 3.23. The van der Waals surface area contributed by atoms with Crippen molar-refractivity contribution in [1.29, 1.82) is 0 Å². The zero-order chi connectivity index (χ0) is 20.6. The van der Waals surface area contributed by atoms with Crippen molar-refractivity contribution < 1.29 is 19.4 Å². The number of hydrogen-bond acceptors (Lipinski definition) is 6. The van der Waals surface area contributed by atoms with Gasteiger partial charge in [-0.2, -0.15) is 0 Å². The highest BCUT2D eigenvalue weighted by Crippen LogP contribution is 2.37. The number of aromatic carboxylic acids is 1. The molecule has 1 aromatic carbocycles. The Morgan fingerprint density at radius 2 is 2.00 bits per heavy atom. The van der Waals surface area contributed by atoms with E-state index in [9.17, 15) is 9.59 Å². The van der Waals surface area contributed by atoms with E-state index in [2.05, 4.69) is 5.32 Å². The number of anilines is 4. The van der Waals surface area contributed by atoms with E-state index in [4.69, 9.17) is 14.8 Å². The minimum Gasteiger partial charge on any atom is -0.495 e. The molecule has 1 amide bonds. The van der Waals surface area contributed by atoms with E-state index in [1.54, 1.807) is 24.1 Å². The number of benzene rings is 1. The predicted octanol–water partition coefficient (Wildman–Crippen LogP) is 3.11. The van der Waals surface area contributed by atoms with Crippen molar-refractivity contribution in [1.82, 2.24) is 4.98 Å². The third-order valence-corrected chi connectivity index (χ3v) is 4.83. The quantitative estimate of drug-likeness (QED) is 0.818. The number of carboxylic acids is 1. The van der Waals surface area contributed by atoms with Crippen LogP contribution in [0.1, 0.15) is 31.1 Å². The van der Waals surface area contributed by atoms with Crippen molar-refractivity contribution in [3.63, 3.8) is 0 Å². The topological polar surface area (TPSA) is 95.0 Å². The van der Waals surface area contributed by atoms with Crippen molar-refractivity contribution in [2.45, 2.75) is 32.9 Å². The van der Waals surface area contributed by atoms with Gasteiger partial charge in [-0.15, -0.1) is 0 Å². The van der Waals surface area contributed by atoms with Crippen molar-refractivity contribution in [2.75, 3.05) is 29.3 Å². The van der Waals surface area contributed by atoms with Crippen molar-refractivity contribution >= 4 is 34.9 Å². The van der Waals surface area contributed by atoms with Crippen LogP contribution in [0, 0.1) is 0 Å². The van der Waals surface area contributed by atoms with E-state index in [1.807, 2.05) is 31.7 Å². The zero-order valence-corrected chi connectivity index (χ0v) is 16.6. The second-order valence-electron chi connectivity index (χ2n) is 6.96. The molecular formula is C20H24N4O4. The van der Waals surface area contributed by atoms with Gasteiger partial charge in [-0.05, 0) is 51.1 Å². The second-order valence-corrected chi connectivity index (χ2v) is 6.96. The molecule has 28 heavy (non-hydrogen) atoms. The fourth-order valence-electron chi connectivity index (χ4n) is 3.42. The summed E-state index contributed by atoms with van der Waals surface area (Å²) in [6.45, 7) is 5.92. The lowest BCUT2D eigenvalue weighted by atomic mass is 10.1. The van der Waals surface area contributed by atoms with E-state index in [0.717, 1.165) is 11.5 Å². The molecule has 1 aliphatic rings. The Morgan fingerprint density at radius 1 is 1.29 bits per heavy atom. The second kappa shape index (κ2) is 7.38. The first-order valence-corrected chi connectivity index (χ1v) is 9.00. The third kappa shape index (κ3) is 3.33. The molecule has 0 saturated carbocycles. The molecule has 0 radical (unpaired) electrons. The molecule has 148 valence electrons. The summed E-state index contributed by atoms with van der Waals surface area (Å²) in [6.07, 6.45) is 0. The molecule has 2 heterocycles. The largest absolute Gasteiger partial charge is 0.495 e. The Balaban J connectivity index is 2.00. The SMILES string of the molecule is COc1cc(C(=O)O)ccc1Nc1ccc2c(n1)N(C(C)C)[C@H](C)C(=O)N2C. The first kappa shape index (κ1) is 19.5. The molecule has 1 aliphatic heterocycles. The maximum absolute atomic E-state index is 12.5. The summed E-state index contributed by atoms with van der Waals surface area (Å²) in [5.41, 5.74) is 1.49. The van der Waals surface area contributed by atoms with Crippen LogP contribution in [-0.2, 0) is 4.79 Å².